The molecule has 0 aliphatic heterocycles. The lowest BCUT2D eigenvalue weighted by molar-refractivity contribution is 0.244. The summed E-state index contributed by atoms with van der Waals surface area (Å²) in [6.07, 6.45) is 9.22. The maximum Gasteiger partial charge on any atom is 0.319 e. The Balaban J connectivity index is 1.72. The third-order valence-electron chi connectivity index (χ3n) is 3.55. The van der Waals surface area contributed by atoms with E-state index in [1.807, 2.05) is 12.3 Å². The van der Waals surface area contributed by atoms with Crippen LogP contribution in [0.3, 0.4) is 0 Å². The largest absolute Gasteiger partial charge is 0.335 e. The average molecular weight is 338 g/mol. The first-order valence-corrected chi connectivity index (χ1v) is 7.58. The second kappa shape index (κ2) is 5.78. The second-order valence-electron chi connectivity index (χ2n) is 5.07. The van der Waals surface area contributed by atoms with Crippen LogP contribution >= 0.6 is 15.9 Å². The number of halogens is 1. The number of carbonyl (C=O) groups excluding carboxylic acids is 1. The highest BCUT2D eigenvalue weighted by Crippen LogP contribution is 2.21. The van der Waals surface area contributed by atoms with Gasteiger partial charge >= 0.3 is 6.03 Å². The topological polar surface area (TPSA) is 71.3 Å². The van der Waals surface area contributed by atoms with Crippen LogP contribution in [0.4, 0.5) is 10.5 Å². The molecule has 1 saturated carbocycles. The molecule has 0 bridgehead atoms. The van der Waals surface area contributed by atoms with Crippen LogP contribution in [0, 0.1) is 0 Å². The molecular weight excluding hydrogens is 322 g/mol. The monoisotopic (exact) mass is 337 g/mol. The highest BCUT2D eigenvalue weighted by atomic mass is 79.9. The van der Waals surface area contributed by atoms with Crippen molar-refractivity contribution >= 4 is 33.3 Å². The van der Waals surface area contributed by atoms with E-state index in [0.29, 0.717) is 11.3 Å². The standard InChI is InChI=1S/C13H16BrN5O/c14-9-6-11(12-18-15-8-19(12)7-9)17-13(20)16-10-4-2-1-3-5-10/h6-8,10H,1-5H2,(H2,16,17,20). The predicted octanol–water partition coefficient (Wildman–Crippen LogP) is 2.95. The average Bonchev–Trinajstić information content (AvgIpc) is 2.88. The number of rotatable bonds is 2. The zero-order valence-electron chi connectivity index (χ0n) is 11.0. The number of amides is 2. The molecule has 1 aliphatic carbocycles. The van der Waals surface area contributed by atoms with Crippen LogP contribution in [-0.4, -0.2) is 26.7 Å². The number of nitrogens with zero attached hydrogens (tertiary/aromatic N) is 3. The Morgan fingerprint density at radius 2 is 2.15 bits per heavy atom. The highest BCUT2D eigenvalue weighted by Gasteiger charge is 2.16. The number of hydrogen-bond donors (Lipinski definition) is 2. The van der Waals surface area contributed by atoms with E-state index in [2.05, 4.69) is 36.8 Å². The summed E-state index contributed by atoms with van der Waals surface area (Å²) in [6, 6.07) is 1.93. The van der Waals surface area contributed by atoms with E-state index in [-0.39, 0.29) is 12.1 Å². The Hall–Kier alpha value is -1.63. The van der Waals surface area contributed by atoms with E-state index < -0.39 is 0 Å². The zero-order valence-corrected chi connectivity index (χ0v) is 12.6. The van der Waals surface area contributed by atoms with Crippen molar-refractivity contribution in [3.8, 4) is 0 Å². The molecule has 1 fully saturated rings. The van der Waals surface area contributed by atoms with Crippen LogP contribution in [0.1, 0.15) is 32.1 Å². The third kappa shape index (κ3) is 2.92. The number of fused-ring (bicyclic) bond motifs is 1. The van der Waals surface area contributed by atoms with Crippen LogP contribution in [0.5, 0.6) is 0 Å². The minimum atomic E-state index is -0.181. The summed E-state index contributed by atoms with van der Waals surface area (Å²) in [6.45, 7) is 0. The maximum atomic E-state index is 12.1. The molecule has 0 aromatic carbocycles. The third-order valence-corrected chi connectivity index (χ3v) is 3.98. The van der Waals surface area contributed by atoms with Crippen molar-refractivity contribution in [1.82, 2.24) is 19.9 Å². The summed E-state index contributed by atoms with van der Waals surface area (Å²) in [5.41, 5.74) is 1.28. The van der Waals surface area contributed by atoms with Gasteiger partial charge in [0.2, 0.25) is 0 Å². The van der Waals surface area contributed by atoms with Gasteiger partial charge in [-0.3, -0.25) is 4.40 Å². The van der Waals surface area contributed by atoms with E-state index in [1.54, 1.807) is 10.7 Å². The molecule has 3 rings (SSSR count). The fourth-order valence-electron chi connectivity index (χ4n) is 2.59. The molecule has 106 valence electrons. The van der Waals surface area contributed by atoms with Gasteiger partial charge in [0.1, 0.15) is 6.33 Å². The smallest absolute Gasteiger partial charge is 0.319 e. The molecule has 2 aromatic heterocycles. The number of nitrogens with one attached hydrogen (secondary N) is 2. The molecule has 0 spiro atoms. The number of carbonyl (C=O) groups is 1. The number of urea groups is 1. The molecule has 2 heterocycles. The van der Waals surface area contributed by atoms with E-state index in [0.717, 1.165) is 17.3 Å². The summed E-state index contributed by atoms with van der Waals surface area (Å²) in [5, 5.41) is 13.7. The van der Waals surface area contributed by atoms with Gasteiger partial charge in [0.15, 0.2) is 5.65 Å². The molecule has 0 atom stereocenters. The number of anilines is 1. The summed E-state index contributed by atoms with van der Waals surface area (Å²) in [5.74, 6) is 0. The van der Waals surface area contributed by atoms with Crippen molar-refractivity contribution in [3.63, 3.8) is 0 Å². The van der Waals surface area contributed by atoms with Crippen molar-refractivity contribution in [2.24, 2.45) is 0 Å². The van der Waals surface area contributed by atoms with Gasteiger partial charge in [-0.25, -0.2) is 4.79 Å². The van der Waals surface area contributed by atoms with Gasteiger partial charge in [0, 0.05) is 16.7 Å². The first-order chi connectivity index (χ1) is 9.72. The van der Waals surface area contributed by atoms with Crippen molar-refractivity contribution in [2.45, 2.75) is 38.1 Å². The van der Waals surface area contributed by atoms with E-state index >= 15 is 0 Å². The van der Waals surface area contributed by atoms with Gasteiger partial charge in [0.25, 0.3) is 0 Å². The number of pyridine rings is 1. The molecule has 0 unspecified atom stereocenters. The van der Waals surface area contributed by atoms with Gasteiger partial charge in [-0.2, -0.15) is 0 Å². The molecule has 0 saturated heterocycles. The molecule has 1 aliphatic rings. The Morgan fingerprint density at radius 1 is 1.35 bits per heavy atom. The Kier molecular flexibility index (Phi) is 3.86. The van der Waals surface area contributed by atoms with Crippen molar-refractivity contribution < 1.29 is 4.79 Å². The Morgan fingerprint density at radius 3 is 2.95 bits per heavy atom. The lowest BCUT2D eigenvalue weighted by Gasteiger charge is -2.22. The van der Waals surface area contributed by atoms with Crippen molar-refractivity contribution in [3.05, 3.63) is 23.1 Å². The summed E-state index contributed by atoms with van der Waals surface area (Å²) in [4.78, 5) is 12.1. The molecule has 2 N–H and O–H groups in total. The quantitative estimate of drug-likeness (QED) is 0.884. The van der Waals surface area contributed by atoms with Gasteiger partial charge < -0.3 is 10.6 Å². The molecular formula is C13H16BrN5O. The van der Waals surface area contributed by atoms with Gasteiger partial charge in [-0.15, -0.1) is 10.2 Å². The first kappa shape index (κ1) is 13.4. The minimum absolute atomic E-state index is 0.181. The summed E-state index contributed by atoms with van der Waals surface area (Å²) in [7, 11) is 0. The van der Waals surface area contributed by atoms with Crippen LogP contribution in [0.2, 0.25) is 0 Å². The van der Waals surface area contributed by atoms with Crippen LogP contribution in [-0.2, 0) is 0 Å². The molecule has 6 nitrogen and oxygen atoms in total. The lowest BCUT2D eigenvalue weighted by Crippen LogP contribution is -2.39. The Bertz CT molecular complexity index is 620. The normalized spacial score (nSPS) is 16.2. The van der Waals surface area contributed by atoms with Crippen molar-refractivity contribution in [1.29, 1.82) is 0 Å². The van der Waals surface area contributed by atoms with E-state index in [9.17, 15) is 4.79 Å². The van der Waals surface area contributed by atoms with Gasteiger partial charge in [0.05, 0.1) is 5.69 Å². The van der Waals surface area contributed by atoms with Crippen molar-refractivity contribution in [2.75, 3.05) is 5.32 Å². The molecule has 2 amide bonds. The SMILES string of the molecule is O=C(Nc1cc(Br)cn2cnnc12)NC1CCCCC1. The summed E-state index contributed by atoms with van der Waals surface area (Å²) < 4.78 is 2.62. The second-order valence-corrected chi connectivity index (χ2v) is 5.98. The molecule has 7 heteroatoms. The van der Waals surface area contributed by atoms with Gasteiger partial charge in [-0.1, -0.05) is 19.3 Å². The lowest BCUT2D eigenvalue weighted by atomic mass is 9.96. The number of hydrogen-bond acceptors (Lipinski definition) is 3. The Labute approximate surface area is 125 Å². The van der Waals surface area contributed by atoms with Crippen LogP contribution in [0.25, 0.3) is 5.65 Å². The highest BCUT2D eigenvalue weighted by molar-refractivity contribution is 9.10. The fourth-order valence-corrected chi connectivity index (χ4v) is 3.03. The number of aromatic nitrogens is 3. The first-order valence-electron chi connectivity index (χ1n) is 6.79. The van der Waals surface area contributed by atoms with Crippen LogP contribution < -0.4 is 10.6 Å². The molecule has 20 heavy (non-hydrogen) atoms. The van der Waals surface area contributed by atoms with Crippen LogP contribution in [0.15, 0.2) is 23.1 Å². The van der Waals surface area contributed by atoms with E-state index in [4.69, 9.17) is 0 Å². The molecule has 0 radical (unpaired) electrons. The zero-order chi connectivity index (χ0) is 13.9. The fraction of sp³-hybridized carbons (Fsp3) is 0.462. The van der Waals surface area contributed by atoms with E-state index in [1.165, 1.54) is 19.3 Å². The predicted molar refractivity (Wildman–Crippen MR) is 79.7 cm³/mol. The van der Waals surface area contributed by atoms with Gasteiger partial charge in [-0.05, 0) is 34.8 Å². The maximum absolute atomic E-state index is 12.1. The molecule has 2 aromatic rings. The minimum Gasteiger partial charge on any atom is -0.335 e. The summed E-state index contributed by atoms with van der Waals surface area (Å²) >= 11 is 3.41.